The normalized spacial score (nSPS) is 23.6. The van der Waals surface area contributed by atoms with Crippen molar-refractivity contribution in [3.63, 3.8) is 0 Å². The van der Waals surface area contributed by atoms with Gasteiger partial charge in [0.2, 0.25) is 5.91 Å². The van der Waals surface area contributed by atoms with Gasteiger partial charge in [0.05, 0.1) is 5.52 Å². The highest BCUT2D eigenvalue weighted by atomic mass is 19.1. The molecule has 2 saturated heterocycles. The lowest BCUT2D eigenvalue weighted by Gasteiger charge is -2.54. The van der Waals surface area contributed by atoms with E-state index in [0.717, 1.165) is 24.4 Å². The molecule has 1 spiro atoms. The first kappa shape index (κ1) is 20.3. The zero-order valence-electron chi connectivity index (χ0n) is 17.9. The summed E-state index contributed by atoms with van der Waals surface area (Å²) in [5, 5.41) is 10.5. The maximum Gasteiger partial charge on any atom is 0.253 e. The zero-order chi connectivity index (χ0) is 22.7. The predicted octanol–water partition coefficient (Wildman–Crippen LogP) is 3.10. The number of piperidine rings is 1. The second-order valence-electron chi connectivity index (χ2n) is 9.68. The molecule has 3 aromatic rings. The van der Waals surface area contributed by atoms with Crippen LogP contribution in [0.25, 0.3) is 11.0 Å². The van der Waals surface area contributed by atoms with Crippen LogP contribution < -0.4 is 0 Å². The molecule has 1 aliphatic carbocycles. The van der Waals surface area contributed by atoms with Gasteiger partial charge in [-0.05, 0) is 61.1 Å². The summed E-state index contributed by atoms with van der Waals surface area (Å²) in [6.45, 7) is 2.71. The van der Waals surface area contributed by atoms with Gasteiger partial charge in [-0.25, -0.2) is 8.78 Å². The molecule has 2 unspecified atom stereocenters. The molecule has 7 nitrogen and oxygen atoms in total. The van der Waals surface area contributed by atoms with Crippen molar-refractivity contribution in [1.29, 1.82) is 0 Å². The Morgan fingerprint density at radius 2 is 1.73 bits per heavy atom. The summed E-state index contributed by atoms with van der Waals surface area (Å²) < 4.78 is 27.0. The molecule has 2 atom stereocenters. The minimum Gasteiger partial charge on any atom is -0.342 e. The smallest absolute Gasteiger partial charge is 0.253 e. The summed E-state index contributed by atoms with van der Waals surface area (Å²) in [5.74, 6) is -1.43. The Morgan fingerprint density at radius 1 is 1.00 bits per heavy atom. The number of rotatable bonds is 3. The molecule has 1 N–H and O–H groups in total. The number of likely N-dealkylation sites (tertiary alicyclic amines) is 2. The fourth-order valence-corrected chi connectivity index (χ4v) is 5.44. The van der Waals surface area contributed by atoms with Crippen LogP contribution in [0.1, 0.15) is 41.1 Å². The number of benzene rings is 2. The summed E-state index contributed by atoms with van der Waals surface area (Å²) in [6.07, 6.45) is 2.36. The Balaban J connectivity index is 1.03. The van der Waals surface area contributed by atoms with Gasteiger partial charge in [0.1, 0.15) is 17.2 Å². The van der Waals surface area contributed by atoms with Crippen LogP contribution in [-0.2, 0) is 4.79 Å². The first-order valence-corrected chi connectivity index (χ1v) is 11.3. The highest BCUT2D eigenvalue weighted by molar-refractivity contribution is 5.97. The highest BCUT2D eigenvalue weighted by Crippen LogP contribution is 2.50. The van der Waals surface area contributed by atoms with Crippen LogP contribution in [0.2, 0.25) is 0 Å². The van der Waals surface area contributed by atoms with Gasteiger partial charge in [-0.2, -0.15) is 0 Å². The molecule has 2 aliphatic heterocycles. The van der Waals surface area contributed by atoms with E-state index in [4.69, 9.17) is 0 Å². The van der Waals surface area contributed by atoms with Crippen LogP contribution in [0.3, 0.4) is 0 Å². The van der Waals surface area contributed by atoms with Gasteiger partial charge in [-0.3, -0.25) is 14.7 Å². The van der Waals surface area contributed by atoms with Gasteiger partial charge in [-0.1, -0.05) is 5.21 Å². The maximum atomic E-state index is 13.5. The van der Waals surface area contributed by atoms with Crippen LogP contribution in [0.4, 0.5) is 8.78 Å². The number of halogens is 2. The third-order valence-corrected chi connectivity index (χ3v) is 7.47. The molecule has 6 rings (SSSR count). The molecule has 0 bridgehead atoms. The lowest BCUT2D eigenvalue weighted by molar-refractivity contribution is -0.137. The lowest BCUT2D eigenvalue weighted by atomic mass is 9.71. The van der Waals surface area contributed by atoms with E-state index in [1.54, 1.807) is 12.1 Å². The molecule has 0 radical (unpaired) electrons. The van der Waals surface area contributed by atoms with Crippen molar-refractivity contribution in [2.75, 3.05) is 26.2 Å². The van der Waals surface area contributed by atoms with Gasteiger partial charge in [0.15, 0.2) is 0 Å². The van der Waals surface area contributed by atoms with Crippen molar-refractivity contribution in [1.82, 2.24) is 25.2 Å². The van der Waals surface area contributed by atoms with Crippen molar-refractivity contribution in [2.24, 2.45) is 11.3 Å². The van der Waals surface area contributed by atoms with E-state index in [1.165, 1.54) is 12.1 Å². The summed E-state index contributed by atoms with van der Waals surface area (Å²) >= 11 is 0. The third kappa shape index (κ3) is 3.55. The summed E-state index contributed by atoms with van der Waals surface area (Å²) in [7, 11) is 0. The van der Waals surface area contributed by atoms with Crippen LogP contribution in [0, 0.1) is 23.0 Å². The zero-order valence-corrected chi connectivity index (χ0v) is 17.9. The molecule has 2 amide bonds. The number of aromatic amines is 1. The summed E-state index contributed by atoms with van der Waals surface area (Å²) in [5.41, 5.74) is 2.70. The number of amides is 2. The van der Waals surface area contributed by atoms with E-state index in [2.05, 4.69) is 15.4 Å². The first-order valence-electron chi connectivity index (χ1n) is 11.3. The summed E-state index contributed by atoms with van der Waals surface area (Å²) in [4.78, 5) is 29.5. The number of hydrogen-bond donors (Lipinski definition) is 1. The van der Waals surface area contributed by atoms with Crippen molar-refractivity contribution in [3.8, 4) is 0 Å². The minimum atomic E-state index is -0.604. The number of nitrogens with zero attached hydrogens (tertiary/aromatic N) is 4. The number of hydrogen-bond acceptors (Lipinski definition) is 4. The molecule has 1 aromatic heterocycles. The van der Waals surface area contributed by atoms with Crippen LogP contribution in [0.5, 0.6) is 0 Å². The number of nitrogens with one attached hydrogen (secondary N) is 1. The largest absolute Gasteiger partial charge is 0.342 e. The van der Waals surface area contributed by atoms with E-state index in [-0.39, 0.29) is 29.1 Å². The Morgan fingerprint density at radius 3 is 2.45 bits per heavy atom. The standard InChI is InChI=1S/C24H23F2N5O2/c25-16-7-15(8-17(26)10-16)18-11-19(18)23(33)30-5-3-24(4-6-30)12-31(13-24)22(32)14-1-2-20-21(9-14)28-29-27-20/h1-2,7-10,18-19H,3-6,11-13H2,(H,27,28,29). The molecule has 1 saturated carbocycles. The number of aromatic nitrogens is 3. The van der Waals surface area contributed by atoms with Gasteiger partial charge in [0.25, 0.3) is 5.91 Å². The quantitative estimate of drug-likeness (QED) is 0.664. The SMILES string of the molecule is O=C(c1ccc2[nH]nnc2c1)N1CC2(CCN(C(=O)C3CC3c3cc(F)cc(F)c3)CC2)C1. The number of fused-ring (bicyclic) bond motifs is 1. The fourth-order valence-electron chi connectivity index (χ4n) is 5.44. The van der Waals surface area contributed by atoms with Gasteiger partial charge in [0, 0.05) is 49.1 Å². The molecule has 3 heterocycles. The lowest BCUT2D eigenvalue weighted by Crippen LogP contribution is -2.62. The number of H-pyrrole nitrogens is 1. The van der Waals surface area contributed by atoms with E-state index < -0.39 is 11.6 Å². The maximum absolute atomic E-state index is 13.5. The van der Waals surface area contributed by atoms with Crippen molar-refractivity contribution in [3.05, 3.63) is 59.2 Å². The van der Waals surface area contributed by atoms with Crippen LogP contribution in [-0.4, -0.2) is 63.2 Å². The minimum absolute atomic E-state index is 0.00724. The molecule has 3 aliphatic rings. The number of carbonyl (C=O) groups is 2. The Bertz CT molecular complexity index is 1240. The van der Waals surface area contributed by atoms with E-state index in [9.17, 15) is 18.4 Å². The van der Waals surface area contributed by atoms with E-state index in [0.29, 0.717) is 49.2 Å². The fraction of sp³-hybridized carbons (Fsp3) is 0.417. The van der Waals surface area contributed by atoms with Crippen LogP contribution >= 0.6 is 0 Å². The average Bonchev–Trinajstić information content (AvgIpc) is 3.45. The number of carbonyl (C=O) groups excluding carboxylic acids is 2. The molecular formula is C24H23F2N5O2. The monoisotopic (exact) mass is 451 g/mol. The third-order valence-electron chi connectivity index (χ3n) is 7.47. The summed E-state index contributed by atoms with van der Waals surface area (Å²) in [6, 6.07) is 8.86. The molecule has 170 valence electrons. The van der Waals surface area contributed by atoms with E-state index in [1.807, 2.05) is 15.9 Å². The highest BCUT2D eigenvalue weighted by Gasteiger charge is 2.50. The van der Waals surface area contributed by atoms with Gasteiger partial charge in [-0.15, -0.1) is 5.10 Å². The Hall–Kier alpha value is -3.36. The van der Waals surface area contributed by atoms with E-state index >= 15 is 0 Å². The van der Waals surface area contributed by atoms with Gasteiger partial charge >= 0.3 is 0 Å². The van der Waals surface area contributed by atoms with Crippen molar-refractivity contribution >= 4 is 22.8 Å². The second kappa shape index (κ2) is 7.33. The van der Waals surface area contributed by atoms with Crippen molar-refractivity contribution < 1.29 is 18.4 Å². The molecule has 9 heteroatoms. The Kier molecular flexibility index (Phi) is 4.50. The predicted molar refractivity (Wildman–Crippen MR) is 115 cm³/mol. The molecule has 33 heavy (non-hydrogen) atoms. The topological polar surface area (TPSA) is 82.2 Å². The Labute approximate surface area is 188 Å². The van der Waals surface area contributed by atoms with Gasteiger partial charge < -0.3 is 9.80 Å². The first-order chi connectivity index (χ1) is 15.9. The average molecular weight is 451 g/mol. The molecule has 3 fully saturated rings. The van der Waals surface area contributed by atoms with Crippen molar-refractivity contribution in [2.45, 2.75) is 25.2 Å². The molecule has 2 aromatic carbocycles. The van der Waals surface area contributed by atoms with Crippen LogP contribution in [0.15, 0.2) is 36.4 Å². The second-order valence-corrected chi connectivity index (χ2v) is 9.68. The molecular weight excluding hydrogens is 428 g/mol.